The van der Waals surface area contributed by atoms with E-state index in [2.05, 4.69) is 44.0 Å². The average molecular weight is 251 g/mol. The van der Waals surface area contributed by atoms with Gasteiger partial charge in [0.2, 0.25) is 0 Å². The Labute approximate surface area is 113 Å². The zero-order chi connectivity index (χ0) is 13.6. The molecule has 1 fully saturated rings. The second-order valence-corrected chi connectivity index (χ2v) is 6.70. The number of rotatable bonds is 7. The van der Waals surface area contributed by atoms with Crippen molar-refractivity contribution in [3.8, 4) is 6.07 Å². The minimum atomic E-state index is 0.242. The predicted octanol–water partition coefficient (Wildman–Crippen LogP) is 2.64. The first kappa shape index (κ1) is 15.5. The lowest BCUT2D eigenvalue weighted by Gasteiger charge is -2.25. The van der Waals surface area contributed by atoms with E-state index in [0.717, 1.165) is 25.4 Å². The summed E-state index contributed by atoms with van der Waals surface area (Å²) in [6.45, 7) is 13.7. The maximum atomic E-state index is 8.63. The van der Waals surface area contributed by atoms with Crippen LogP contribution in [0.5, 0.6) is 0 Å². The van der Waals surface area contributed by atoms with Crippen molar-refractivity contribution in [3.05, 3.63) is 0 Å². The van der Waals surface area contributed by atoms with Crippen molar-refractivity contribution in [3.63, 3.8) is 0 Å². The molecule has 0 aliphatic carbocycles. The molecule has 1 atom stereocenters. The number of nitriles is 1. The van der Waals surface area contributed by atoms with Crippen LogP contribution in [0.15, 0.2) is 0 Å². The van der Waals surface area contributed by atoms with Crippen LogP contribution >= 0.6 is 0 Å². The third-order valence-corrected chi connectivity index (χ3v) is 4.00. The first-order valence-corrected chi connectivity index (χ1v) is 7.26. The molecule has 0 spiro atoms. The van der Waals surface area contributed by atoms with Crippen LogP contribution in [-0.4, -0.2) is 37.1 Å². The van der Waals surface area contributed by atoms with Gasteiger partial charge in [-0.1, -0.05) is 13.8 Å². The Morgan fingerprint density at radius 1 is 1.44 bits per heavy atom. The smallest absolute Gasteiger partial charge is 0.0621 e. The van der Waals surface area contributed by atoms with Crippen molar-refractivity contribution >= 4 is 0 Å². The molecule has 0 amide bonds. The van der Waals surface area contributed by atoms with E-state index in [1.807, 2.05) is 0 Å². The maximum absolute atomic E-state index is 8.63. The summed E-state index contributed by atoms with van der Waals surface area (Å²) in [5, 5.41) is 12.2. The van der Waals surface area contributed by atoms with Crippen LogP contribution in [0.1, 0.15) is 47.0 Å². The largest absolute Gasteiger partial charge is 0.316 e. The fraction of sp³-hybridized carbons (Fsp3) is 0.933. The summed E-state index contributed by atoms with van der Waals surface area (Å²) in [5.74, 6) is 0.805. The number of nitrogens with one attached hydrogen (secondary N) is 1. The van der Waals surface area contributed by atoms with E-state index in [1.165, 1.54) is 19.5 Å². The molecule has 1 aliphatic rings. The summed E-state index contributed by atoms with van der Waals surface area (Å²) in [5.41, 5.74) is 0.242. The van der Waals surface area contributed by atoms with Gasteiger partial charge in [0, 0.05) is 25.6 Å². The Kier molecular flexibility index (Phi) is 6.11. The van der Waals surface area contributed by atoms with Crippen LogP contribution in [0.3, 0.4) is 0 Å². The van der Waals surface area contributed by atoms with Crippen molar-refractivity contribution in [2.75, 3.05) is 26.2 Å². The maximum Gasteiger partial charge on any atom is 0.0621 e. The van der Waals surface area contributed by atoms with Gasteiger partial charge in [-0.2, -0.15) is 5.26 Å². The van der Waals surface area contributed by atoms with Gasteiger partial charge in [0.25, 0.3) is 0 Å². The molecule has 3 heteroatoms. The number of nitrogens with zero attached hydrogens (tertiary/aromatic N) is 2. The zero-order valence-corrected chi connectivity index (χ0v) is 12.5. The quantitative estimate of drug-likeness (QED) is 0.756. The van der Waals surface area contributed by atoms with Gasteiger partial charge in [0.1, 0.15) is 0 Å². The second kappa shape index (κ2) is 7.11. The minimum absolute atomic E-state index is 0.242. The Hall–Kier alpha value is -0.590. The standard InChI is InChI=1S/C15H29N3/c1-13(2)18-9-6-14(11-18)10-17-12-15(3,4)7-5-8-16/h13-14,17H,5-7,9-12H2,1-4H3. The third kappa shape index (κ3) is 5.37. The van der Waals surface area contributed by atoms with Crippen LogP contribution < -0.4 is 5.32 Å². The van der Waals surface area contributed by atoms with E-state index in [9.17, 15) is 0 Å². The van der Waals surface area contributed by atoms with E-state index in [1.54, 1.807) is 0 Å². The molecule has 3 nitrogen and oxygen atoms in total. The van der Waals surface area contributed by atoms with Crippen molar-refractivity contribution in [2.24, 2.45) is 11.3 Å². The molecular formula is C15H29N3. The molecule has 1 rings (SSSR count). The lowest BCUT2D eigenvalue weighted by Crippen LogP contribution is -2.34. The van der Waals surface area contributed by atoms with Crippen molar-refractivity contribution in [1.82, 2.24) is 10.2 Å². The van der Waals surface area contributed by atoms with Crippen LogP contribution in [0.2, 0.25) is 0 Å². The van der Waals surface area contributed by atoms with Crippen LogP contribution in [0.4, 0.5) is 0 Å². The fourth-order valence-corrected chi connectivity index (χ4v) is 2.60. The zero-order valence-electron chi connectivity index (χ0n) is 12.5. The molecule has 1 saturated heterocycles. The molecule has 0 aromatic rings. The number of likely N-dealkylation sites (tertiary alicyclic amines) is 1. The van der Waals surface area contributed by atoms with Crippen molar-refractivity contribution in [2.45, 2.75) is 53.0 Å². The molecule has 0 aromatic heterocycles. The van der Waals surface area contributed by atoms with E-state index in [4.69, 9.17) is 5.26 Å². The fourth-order valence-electron chi connectivity index (χ4n) is 2.60. The van der Waals surface area contributed by atoms with Crippen LogP contribution in [0.25, 0.3) is 0 Å². The highest BCUT2D eigenvalue weighted by atomic mass is 15.2. The van der Waals surface area contributed by atoms with Gasteiger partial charge in [-0.3, -0.25) is 0 Å². The van der Waals surface area contributed by atoms with Crippen molar-refractivity contribution in [1.29, 1.82) is 5.26 Å². The first-order valence-electron chi connectivity index (χ1n) is 7.26. The molecule has 1 N–H and O–H groups in total. The monoisotopic (exact) mass is 251 g/mol. The molecule has 1 heterocycles. The summed E-state index contributed by atoms with van der Waals surface area (Å²) in [6.07, 6.45) is 2.97. The van der Waals surface area contributed by atoms with Crippen LogP contribution in [0, 0.1) is 22.7 Å². The number of hydrogen-bond acceptors (Lipinski definition) is 3. The van der Waals surface area contributed by atoms with E-state index in [0.29, 0.717) is 12.5 Å². The highest BCUT2D eigenvalue weighted by Gasteiger charge is 2.24. The minimum Gasteiger partial charge on any atom is -0.316 e. The molecule has 1 aliphatic heterocycles. The summed E-state index contributed by atoms with van der Waals surface area (Å²) in [6, 6.07) is 2.92. The van der Waals surface area contributed by atoms with Crippen molar-refractivity contribution < 1.29 is 0 Å². The first-order chi connectivity index (χ1) is 8.44. The molecule has 18 heavy (non-hydrogen) atoms. The van der Waals surface area contributed by atoms with E-state index >= 15 is 0 Å². The molecule has 0 aromatic carbocycles. The Morgan fingerprint density at radius 3 is 2.72 bits per heavy atom. The molecule has 104 valence electrons. The third-order valence-electron chi connectivity index (χ3n) is 4.00. The highest BCUT2D eigenvalue weighted by Crippen LogP contribution is 2.22. The van der Waals surface area contributed by atoms with Gasteiger partial charge in [0.15, 0.2) is 0 Å². The molecule has 0 bridgehead atoms. The topological polar surface area (TPSA) is 39.1 Å². The Morgan fingerprint density at radius 2 is 2.17 bits per heavy atom. The molecule has 0 saturated carbocycles. The van der Waals surface area contributed by atoms with Crippen LogP contribution in [-0.2, 0) is 0 Å². The predicted molar refractivity (Wildman–Crippen MR) is 76.3 cm³/mol. The highest BCUT2D eigenvalue weighted by molar-refractivity contribution is 4.82. The summed E-state index contributed by atoms with van der Waals surface area (Å²) < 4.78 is 0. The lowest BCUT2D eigenvalue weighted by atomic mass is 9.88. The SMILES string of the molecule is CC(C)N1CCC(CNCC(C)(C)CCC#N)C1. The normalized spacial score (nSPS) is 21.4. The Bertz CT molecular complexity index is 278. The van der Waals surface area contributed by atoms with Gasteiger partial charge in [0.05, 0.1) is 6.07 Å². The average Bonchev–Trinajstić information content (AvgIpc) is 2.75. The van der Waals surface area contributed by atoms with Gasteiger partial charge in [-0.15, -0.1) is 0 Å². The van der Waals surface area contributed by atoms with Gasteiger partial charge >= 0.3 is 0 Å². The molecule has 0 radical (unpaired) electrons. The number of hydrogen-bond donors (Lipinski definition) is 1. The molecular weight excluding hydrogens is 222 g/mol. The van der Waals surface area contributed by atoms with Gasteiger partial charge < -0.3 is 10.2 Å². The van der Waals surface area contributed by atoms with Gasteiger partial charge in [-0.25, -0.2) is 0 Å². The summed E-state index contributed by atoms with van der Waals surface area (Å²) in [7, 11) is 0. The van der Waals surface area contributed by atoms with E-state index in [-0.39, 0.29) is 5.41 Å². The van der Waals surface area contributed by atoms with E-state index < -0.39 is 0 Å². The Balaban J connectivity index is 2.17. The molecule has 1 unspecified atom stereocenters. The second-order valence-electron chi connectivity index (χ2n) is 6.70. The lowest BCUT2D eigenvalue weighted by molar-refractivity contribution is 0.259. The summed E-state index contributed by atoms with van der Waals surface area (Å²) in [4.78, 5) is 2.56. The summed E-state index contributed by atoms with van der Waals surface area (Å²) >= 11 is 0. The van der Waals surface area contributed by atoms with Gasteiger partial charge in [-0.05, 0) is 51.1 Å².